The van der Waals surface area contributed by atoms with Crippen molar-refractivity contribution >= 4 is 0 Å². The van der Waals surface area contributed by atoms with Gasteiger partial charge in [-0.1, -0.05) is 18.2 Å². The number of rotatable bonds is 18. The Morgan fingerprint density at radius 3 is 1.45 bits per heavy atom. The summed E-state index contributed by atoms with van der Waals surface area (Å²) in [4.78, 5) is 0. The number of ether oxygens (including phenoxy) is 10. The molecule has 6 rings (SSSR count). The van der Waals surface area contributed by atoms with Gasteiger partial charge in [0.25, 0.3) is 0 Å². The van der Waals surface area contributed by atoms with Crippen LogP contribution in [0.2, 0.25) is 0 Å². The third kappa shape index (κ3) is 8.16. The summed E-state index contributed by atoms with van der Waals surface area (Å²) in [7, 11) is 8.61. The van der Waals surface area contributed by atoms with Gasteiger partial charge in [-0.05, 0) is 59.2 Å². The van der Waals surface area contributed by atoms with Crippen LogP contribution in [0.25, 0.3) is 0 Å². The predicted molar refractivity (Wildman–Crippen MR) is 206 cm³/mol. The topological polar surface area (TPSA) is 214 Å². The molecule has 2 fully saturated rings. The highest BCUT2D eigenvalue weighted by Gasteiger charge is 2.49. The summed E-state index contributed by atoms with van der Waals surface area (Å²) in [6, 6.07) is 15.9. The lowest BCUT2D eigenvalue weighted by Crippen LogP contribution is -2.30. The molecule has 2 saturated heterocycles. The van der Waals surface area contributed by atoms with Crippen molar-refractivity contribution in [2.45, 2.75) is 36.6 Å². The molecule has 16 nitrogen and oxygen atoms in total. The minimum atomic E-state index is -1.40. The van der Waals surface area contributed by atoms with Crippen LogP contribution in [0.4, 0.5) is 0 Å². The fourth-order valence-electron chi connectivity index (χ4n) is 7.59. The first-order chi connectivity index (χ1) is 28.0. The van der Waals surface area contributed by atoms with Gasteiger partial charge in [-0.15, -0.1) is 0 Å². The third-order valence-corrected chi connectivity index (χ3v) is 10.6. The number of methoxy groups -OCH3 is 6. The van der Waals surface area contributed by atoms with Gasteiger partial charge >= 0.3 is 0 Å². The second-order valence-corrected chi connectivity index (χ2v) is 13.7. The summed E-state index contributed by atoms with van der Waals surface area (Å²) in [6.45, 7) is -0.450. The van der Waals surface area contributed by atoms with Crippen LogP contribution in [0.15, 0.2) is 60.7 Å². The normalized spacial score (nSPS) is 20.7. The Morgan fingerprint density at radius 2 is 1.02 bits per heavy atom. The van der Waals surface area contributed by atoms with Crippen LogP contribution in [0.5, 0.6) is 57.5 Å². The Kier molecular flexibility index (Phi) is 13.5. The number of aliphatic hydroxyl groups is 4. The highest BCUT2D eigenvalue weighted by molar-refractivity contribution is 5.56. The van der Waals surface area contributed by atoms with Gasteiger partial charge in [-0.2, -0.15) is 0 Å². The third-order valence-electron chi connectivity index (χ3n) is 10.6. The van der Waals surface area contributed by atoms with E-state index < -0.39 is 49.8 Å². The molecule has 8 atom stereocenters. The van der Waals surface area contributed by atoms with Gasteiger partial charge < -0.3 is 78.0 Å². The first-order valence-electron chi connectivity index (χ1n) is 18.4. The molecule has 2 aliphatic rings. The lowest BCUT2D eigenvalue weighted by molar-refractivity contribution is -0.00302. The Bertz CT molecular complexity index is 1970. The maximum absolute atomic E-state index is 11.2. The average Bonchev–Trinajstić information content (AvgIpc) is 3.87. The van der Waals surface area contributed by atoms with Crippen LogP contribution < -0.4 is 37.9 Å². The molecule has 0 bridgehead atoms. The van der Waals surface area contributed by atoms with Gasteiger partial charge in [0.1, 0.15) is 12.2 Å². The van der Waals surface area contributed by atoms with E-state index in [0.717, 1.165) is 11.1 Å². The molecule has 0 unspecified atom stereocenters. The van der Waals surface area contributed by atoms with Crippen molar-refractivity contribution in [1.82, 2.24) is 0 Å². The van der Waals surface area contributed by atoms with Gasteiger partial charge in [0.15, 0.2) is 58.2 Å². The molecule has 0 spiro atoms. The second kappa shape index (κ2) is 18.5. The Hall–Kier alpha value is -5.36. The van der Waals surface area contributed by atoms with Crippen molar-refractivity contribution in [3.8, 4) is 57.5 Å². The smallest absolute Gasteiger partial charge is 0.204 e. The van der Waals surface area contributed by atoms with Gasteiger partial charge in [0, 0.05) is 17.4 Å². The van der Waals surface area contributed by atoms with Gasteiger partial charge in [0.05, 0.1) is 81.3 Å². The summed E-state index contributed by atoms with van der Waals surface area (Å²) in [5.41, 5.74) is 2.03. The first-order valence-corrected chi connectivity index (χ1v) is 18.4. The Morgan fingerprint density at radius 1 is 0.552 bits per heavy atom. The highest BCUT2D eigenvalue weighted by atomic mass is 16.6. The molecule has 314 valence electrons. The maximum atomic E-state index is 11.2. The summed E-state index contributed by atoms with van der Waals surface area (Å²) in [5, 5.41) is 63.2. The molecule has 0 aromatic heterocycles. The SMILES string of the molecule is COc1cc([C@H](O)[C@H](CO)Oc2c(OC)cc([C@@H]3OC[C@@H]4[C@H]3CO[C@H]4c3cc(OC)c(O[C@@H](CO)[C@@H](O)c4cccc(O)c4OC)c(OC)c3)cc2OC)ccc1O. The van der Waals surface area contributed by atoms with Crippen molar-refractivity contribution < 1.29 is 78.0 Å². The molecule has 0 amide bonds. The van der Waals surface area contributed by atoms with Crippen molar-refractivity contribution in [2.24, 2.45) is 11.8 Å². The number of para-hydroxylation sites is 1. The fourth-order valence-corrected chi connectivity index (χ4v) is 7.59. The van der Waals surface area contributed by atoms with E-state index in [4.69, 9.17) is 47.4 Å². The first kappa shape index (κ1) is 42.3. The number of phenols is 2. The molecule has 6 N–H and O–H groups in total. The molecule has 16 heteroatoms. The van der Waals surface area contributed by atoms with Crippen LogP contribution in [0.3, 0.4) is 0 Å². The van der Waals surface area contributed by atoms with Crippen LogP contribution in [0, 0.1) is 11.8 Å². The van der Waals surface area contributed by atoms with Crippen molar-refractivity contribution in [1.29, 1.82) is 0 Å². The van der Waals surface area contributed by atoms with Crippen molar-refractivity contribution in [3.05, 3.63) is 82.9 Å². The monoisotopic (exact) mass is 810 g/mol. The molecule has 4 aromatic carbocycles. The van der Waals surface area contributed by atoms with Crippen LogP contribution in [0.1, 0.15) is 46.7 Å². The number of aromatic hydroxyl groups is 2. The lowest BCUT2D eigenvalue weighted by Gasteiger charge is -2.27. The van der Waals surface area contributed by atoms with Crippen molar-refractivity contribution in [3.63, 3.8) is 0 Å². The van der Waals surface area contributed by atoms with E-state index in [1.807, 2.05) is 0 Å². The summed E-state index contributed by atoms with van der Waals surface area (Å²) < 4.78 is 58.5. The number of phenolic OH excluding ortho intramolecular Hbond substituents is 2. The Labute approximate surface area is 335 Å². The number of benzene rings is 4. The minimum Gasteiger partial charge on any atom is -0.504 e. The molecule has 2 aliphatic heterocycles. The van der Waals surface area contributed by atoms with E-state index in [-0.39, 0.29) is 74.9 Å². The zero-order valence-electron chi connectivity index (χ0n) is 33.0. The zero-order chi connectivity index (χ0) is 41.7. The summed E-state index contributed by atoms with van der Waals surface area (Å²) >= 11 is 0. The van der Waals surface area contributed by atoms with E-state index in [0.29, 0.717) is 18.8 Å². The van der Waals surface area contributed by atoms with E-state index >= 15 is 0 Å². The quantitative estimate of drug-likeness (QED) is 0.0832. The molecule has 58 heavy (non-hydrogen) atoms. The molecule has 4 aromatic rings. The standard InChI is InChI=1S/C42H50O16/c1-49-29-12-21(10-11-27(29)45)36(47)34(17-43)57-41-30(50-2)13-22(14-31(41)51-3)38-25-19-56-39(26(25)20-55-38)23-15-32(52-4)42(33(16-23)53-5)58-35(18-44)37(48)24-8-7-9-28(46)40(24)54-6/h7-16,25-26,34-39,43-48H,17-20H2,1-6H3/t25-,26-,34+,35+,36+,37+,38+,39+/m1/s1. The zero-order valence-corrected chi connectivity index (χ0v) is 33.0. The largest absolute Gasteiger partial charge is 0.504 e. The maximum Gasteiger partial charge on any atom is 0.204 e. The molecular weight excluding hydrogens is 760 g/mol. The average molecular weight is 811 g/mol. The van der Waals surface area contributed by atoms with Gasteiger partial charge in [0.2, 0.25) is 11.5 Å². The van der Waals surface area contributed by atoms with Crippen molar-refractivity contribution in [2.75, 3.05) is 69.1 Å². The second-order valence-electron chi connectivity index (χ2n) is 13.7. The summed E-state index contributed by atoms with van der Waals surface area (Å²) in [5.74, 6) is 1.14. The van der Waals surface area contributed by atoms with Crippen LogP contribution >= 0.6 is 0 Å². The molecule has 0 radical (unpaired) electrons. The highest BCUT2D eigenvalue weighted by Crippen LogP contribution is 2.54. The fraction of sp³-hybridized carbons (Fsp3) is 0.429. The van der Waals surface area contributed by atoms with Crippen LogP contribution in [-0.2, 0) is 9.47 Å². The molecular formula is C42H50O16. The van der Waals surface area contributed by atoms with E-state index in [1.165, 1.54) is 66.9 Å². The predicted octanol–water partition coefficient (Wildman–Crippen LogP) is 4.17. The van der Waals surface area contributed by atoms with Crippen LogP contribution in [-0.4, -0.2) is 112 Å². The number of aliphatic hydroxyl groups excluding tert-OH is 4. The Balaban J connectivity index is 1.22. The van der Waals surface area contributed by atoms with Gasteiger partial charge in [-0.25, -0.2) is 0 Å². The molecule has 2 heterocycles. The molecule has 0 saturated carbocycles. The molecule has 0 aliphatic carbocycles. The number of fused-ring (bicyclic) bond motifs is 1. The van der Waals surface area contributed by atoms with Gasteiger partial charge in [-0.3, -0.25) is 0 Å². The lowest BCUT2D eigenvalue weighted by atomic mass is 9.84. The van der Waals surface area contributed by atoms with E-state index in [1.54, 1.807) is 36.4 Å². The summed E-state index contributed by atoms with van der Waals surface area (Å²) in [6.07, 6.45) is -5.92. The van der Waals surface area contributed by atoms with E-state index in [2.05, 4.69) is 0 Å². The van der Waals surface area contributed by atoms with E-state index in [9.17, 15) is 30.6 Å². The number of hydrogen-bond donors (Lipinski definition) is 6. The number of hydrogen-bond acceptors (Lipinski definition) is 16. The minimum absolute atomic E-state index is 0.0522.